The highest BCUT2D eigenvalue weighted by Gasteiger charge is 2.34. The van der Waals surface area contributed by atoms with Crippen molar-refractivity contribution in [3.8, 4) is 11.4 Å². The van der Waals surface area contributed by atoms with Gasteiger partial charge >= 0.3 is 0 Å². The van der Waals surface area contributed by atoms with Crippen molar-refractivity contribution in [1.82, 2.24) is 24.8 Å². The Labute approximate surface area is 216 Å². The molecule has 37 heavy (non-hydrogen) atoms. The number of rotatable bonds is 4. The second kappa shape index (κ2) is 9.32. The van der Waals surface area contributed by atoms with E-state index in [2.05, 4.69) is 20.9 Å². The van der Waals surface area contributed by atoms with Gasteiger partial charge in [0.15, 0.2) is 11.6 Å². The Morgan fingerprint density at radius 2 is 2.00 bits per heavy atom. The van der Waals surface area contributed by atoms with E-state index >= 15 is 4.39 Å². The van der Waals surface area contributed by atoms with Crippen molar-refractivity contribution < 1.29 is 18.7 Å². The summed E-state index contributed by atoms with van der Waals surface area (Å²) in [6, 6.07) is 7.29. The van der Waals surface area contributed by atoms with E-state index in [0.717, 1.165) is 66.2 Å². The molecule has 0 aliphatic carbocycles. The largest absolute Gasteiger partial charge is 0.378 e. The van der Waals surface area contributed by atoms with Gasteiger partial charge in [0.2, 0.25) is 5.91 Å². The lowest BCUT2D eigenvalue weighted by molar-refractivity contribution is -0.152. The summed E-state index contributed by atoms with van der Waals surface area (Å²) in [5.41, 5.74) is 2.09. The lowest BCUT2D eigenvalue weighted by atomic mass is 10.1. The number of H-pyrrole nitrogens is 1. The highest BCUT2D eigenvalue weighted by Crippen LogP contribution is 2.37. The van der Waals surface area contributed by atoms with Crippen LogP contribution in [0.5, 0.6) is 0 Å². The van der Waals surface area contributed by atoms with Crippen LogP contribution in [0.1, 0.15) is 4.88 Å². The molecular weight excluding hydrogens is 495 g/mol. The van der Waals surface area contributed by atoms with Crippen LogP contribution in [0, 0.1) is 5.82 Å². The van der Waals surface area contributed by atoms with Gasteiger partial charge in [-0.05, 0) is 24.3 Å². The molecule has 3 aromatic heterocycles. The van der Waals surface area contributed by atoms with E-state index in [9.17, 15) is 4.79 Å². The average molecular weight is 523 g/mol. The van der Waals surface area contributed by atoms with Gasteiger partial charge in [0.05, 0.1) is 41.6 Å². The molecule has 1 amide bonds. The molecule has 7 rings (SSSR count). The fourth-order valence-electron chi connectivity index (χ4n) is 5.60. The number of morpholine rings is 2. The zero-order valence-electron chi connectivity index (χ0n) is 20.3. The van der Waals surface area contributed by atoms with Crippen LogP contribution in [0.15, 0.2) is 30.5 Å². The monoisotopic (exact) mass is 522 g/mol. The maximum Gasteiger partial charge on any atom is 0.248 e. The fourth-order valence-corrected chi connectivity index (χ4v) is 6.75. The van der Waals surface area contributed by atoms with Gasteiger partial charge in [-0.1, -0.05) is 0 Å². The van der Waals surface area contributed by atoms with Gasteiger partial charge in [-0.15, -0.1) is 11.3 Å². The van der Waals surface area contributed by atoms with E-state index in [4.69, 9.17) is 19.4 Å². The maximum atomic E-state index is 15.2. The fraction of sp³-hybridized carbons (Fsp3) is 0.423. The zero-order chi connectivity index (χ0) is 24.9. The van der Waals surface area contributed by atoms with Gasteiger partial charge in [-0.3, -0.25) is 9.69 Å². The maximum absolute atomic E-state index is 15.2. The average Bonchev–Trinajstić information content (AvgIpc) is 3.55. The number of halogens is 1. The third-order valence-electron chi connectivity index (χ3n) is 7.42. The van der Waals surface area contributed by atoms with Gasteiger partial charge in [0, 0.05) is 61.2 Å². The van der Waals surface area contributed by atoms with Crippen molar-refractivity contribution in [2.24, 2.45) is 0 Å². The standard InChI is InChI=1S/C26H27FN6O3S/c27-19-1-2-20-18(3-4-28-20)23(19)25-29-21-11-17(37-24(21)26(30-25)32-7-9-35-10-8-32)13-31-5-6-33-16(12-31)14-36-15-22(33)34/h1-4,11,16,28H,5-10,12-15H2/t16-/m1/s1. The first-order valence-electron chi connectivity index (χ1n) is 12.6. The molecule has 0 radical (unpaired) electrons. The number of ether oxygens (including phenoxy) is 2. The van der Waals surface area contributed by atoms with Crippen molar-refractivity contribution in [3.05, 3.63) is 41.2 Å². The number of nitrogens with zero attached hydrogens (tertiary/aromatic N) is 5. The topological polar surface area (TPSA) is 86.8 Å². The number of hydrogen-bond acceptors (Lipinski definition) is 8. The van der Waals surface area contributed by atoms with E-state index < -0.39 is 0 Å². The first-order valence-corrected chi connectivity index (χ1v) is 13.4. The number of thiophene rings is 1. The minimum Gasteiger partial charge on any atom is -0.378 e. The summed E-state index contributed by atoms with van der Waals surface area (Å²) < 4.78 is 27.2. The molecule has 1 atom stereocenters. The Morgan fingerprint density at radius 1 is 1.11 bits per heavy atom. The number of fused-ring (bicyclic) bond motifs is 3. The summed E-state index contributed by atoms with van der Waals surface area (Å²) in [5.74, 6) is 0.979. The Hall–Kier alpha value is -3.12. The van der Waals surface area contributed by atoms with Crippen molar-refractivity contribution in [3.63, 3.8) is 0 Å². The molecule has 0 unspecified atom stereocenters. The second-order valence-electron chi connectivity index (χ2n) is 9.75. The van der Waals surface area contributed by atoms with E-state index in [0.29, 0.717) is 31.2 Å². The number of anilines is 1. The molecule has 3 aliphatic rings. The van der Waals surface area contributed by atoms with Crippen LogP contribution in [0.3, 0.4) is 0 Å². The van der Waals surface area contributed by atoms with Crippen LogP contribution >= 0.6 is 11.3 Å². The summed E-state index contributed by atoms with van der Waals surface area (Å²) in [6.07, 6.45) is 1.81. The van der Waals surface area contributed by atoms with Gasteiger partial charge in [0.25, 0.3) is 0 Å². The van der Waals surface area contributed by atoms with Crippen molar-refractivity contribution >= 4 is 44.2 Å². The normalized spacial score (nSPS) is 21.2. The van der Waals surface area contributed by atoms with Crippen LogP contribution in [-0.2, 0) is 20.8 Å². The molecule has 1 N–H and O–H groups in total. The molecule has 1 aromatic carbocycles. The molecule has 0 spiro atoms. The Balaban J connectivity index is 1.26. The van der Waals surface area contributed by atoms with E-state index in [1.54, 1.807) is 17.4 Å². The van der Waals surface area contributed by atoms with Gasteiger partial charge in [0.1, 0.15) is 12.4 Å². The van der Waals surface area contributed by atoms with Crippen LogP contribution in [-0.4, -0.2) is 95.9 Å². The highest BCUT2D eigenvalue weighted by molar-refractivity contribution is 7.19. The first-order chi connectivity index (χ1) is 18.1. The Morgan fingerprint density at radius 3 is 2.89 bits per heavy atom. The molecule has 3 saturated heterocycles. The van der Waals surface area contributed by atoms with Gasteiger partial charge < -0.3 is 24.3 Å². The molecule has 0 saturated carbocycles. The Bertz CT molecular complexity index is 1480. The SMILES string of the molecule is O=C1COC[C@H]2CN(Cc3cc4nc(-c5c(F)ccc6[nH]ccc56)nc(N5CCOCC5)c4s3)CCN12. The van der Waals surface area contributed by atoms with Crippen LogP contribution < -0.4 is 4.90 Å². The predicted molar refractivity (Wildman–Crippen MR) is 139 cm³/mol. The van der Waals surface area contributed by atoms with E-state index in [1.165, 1.54) is 10.9 Å². The van der Waals surface area contributed by atoms with Gasteiger partial charge in [-0.25, -0.2) is 14.4 Å². The number of carbonyl (C=O) groups excluding carboxylic acids is 1. The summed E-state index contributed by atoms with van der Waals surface area (Å²) in [6.45, 7) is 6.59. The molecular formula is C26H27FN6O3S. The van der Waals surface area contributed by atoms with Crippen LogP contribution in [0.2, 0.25) is 0 Å². The molecule has 9 nitrogen and oxygen atoms in total. The summed E-state index contributed by atoms with van der Waals surface area (Å²) in [7, 11) is 0. The van der Waals surface area contributed by atoms with Crippen molar-refractivity contribution in [2.75, 3.05) is 64.1 Å². The summed E-state index contributed by atoms with van der Waals surface area (Å²) in [4.78, 5) is 32.9. The minimum atomic E-state index is -0.336. The number of amides is 1. The number of nitrogens with one attached hydrogen (secondary N) is 1. The molecule has 6 heterocycles. The lowest BCUT2D eigenvalue weighted by Gasteiger charge is -2.43. The van der Waals surface area contributed by atoms with Crippen LogP contribution in [0.25, 0.3) is 32.5 Å². The molecule has 3 aliphatic heterocycles. The smallest absolute Gasteiger partial charge is 0.248 e. The zero-order valence-corrected chi connectivity index (χ0v) is 21.1. The number of aromatic amines is 1. The van der Waals surface area contributed by atoms with E-state index in [-0.39, 0.29) is 24.4 Å². The van der Waals surface area contributed by atoms with E-state index in [1.807, 2.05) is 17.2 Å². The number of benzene rings is 1. The number of piperazine rings is 1. The lowest BCUT2D eigenvalue weighted by Crippen LogP contribution is -2.59. The third-order valence-corrected chi connectivity index (χ3v) is 8.53. The Kier molecular flexibility index (Phi) is 5.80. The molecule has 3 fully saturated rings. The quantitative estimate of drug-likeness (QED) is 0.441. The second-order valence-corrected chi connectivity index (χ2v) is 10.9. The molecule has 192 valence electrons. The van der Waals surface area contributed by atoms with Gasteiger partial charge in [-0.2, -0.15) is 0 Å². The van der Waals surface area contributed by atoms with Crippen LogP contribution in [0.4, 0.5) is 10.2 Å². The molecule has 0 bridgehead atoms. The number of hydrogen-bond donors (Lipinski definition) is 1. The minimum absolute atomic E-state index is 0.0837. The number of carbonyl (C=O) groups is 1. The first kappa shape index (κ1) is 23.0. The third kappa shape index (κ3) is 4.15. The molecule has 4 aromatic rings. The van der Waals surface area contributed by atoms with Crippen molar-refractivity contribution in [1.29, 1.82) is 0 Å². The number of aromatic nitrogens is 3. The highest BCUT2D eigenvalue weighted by atomic mass is 32.1. The molecule has 11 heteroatoms. The summed E-state index contributed by atoms with van der Waals surface area (Å²) in [5, 5.41) is 0.768. The van der Waals surface area contributed by atoms with Crippen molar-refractivity contribution in [2.45, 2.75) is 12.6 Å². The summed E-state index contributed by atoms with van der Waals surface area (Å²) >= 11 is 1.69. The predicted octanol–water partition coefficient (Wildman–Crippen LogP) is 2.86.